The van der Waals surface area contributed by atoms with Crippen molar-refractivity contribution in [2.45, 2.75) is 124 Å². The van der Waals surface area contributed by atoms with Gasteiger partial charge in [-0.3, -0.25) is 0 Å². The topological polar surface area (TPSA) is 80.9 Å². The molecule has 0 radical (unpaired) electrons. The van der Waals surface area contributed by atoms with Crippen LogP contribution in [0.1, 0.15) is 99.8 Å². The van der Waals surface area contributed by atoms with Gasteiger partial charge in [-0.1, -0.05) is 48.5 Å². The second-order valence-electron chi connectivity index (χ2n) is 14.5. The molecule has 192 valence electrons. The first-order chi connectivity index (χ1) is 15.2. The highest BCUT2D eigenvalue weighted by Crippen LogP contribution is 2.68. The number of hydrogen-bond acceptors (Lipinski definition) is 4. The van der Waals surface area contributed by atoms with Crippen molar-refractivity contribution < 1.29 is 20.4 Å². The zero-order valence-corrected chi connectivity index (χ0v) is 22.3. The Morgan fingerprint density at radius 3 is 2.06 bits per heavy atom. The summed E-state index contributed by atoms with van der Waals surface area (Å²) in [7, 11) is 0. The fourth-order valence-corrected chi connectivity index (χ4v) is 9.54. The van der Waals surface area contributed by atoms with Crippen LogP contribution >= 0.6 is 0 Å². The normalized spacial score (nSPS) is 49.4. The van der Waals surface area contributed by atoms with Crippen LogP contribution in [0.2, 0.25) is 0 Å². The second-order valence-corrected chi connectivity index (χ2v) is 14.5. The van der Waals surface area contributed by atoms with Crippen molar-refractivity contribution in [1.82, 2.24) is 0 Å². The fraction of sp³-hybridized carbons (Fsp3) is 1.00. The molecular weight excluding hydrogens is 412 g/mol. The van der Waals surface area contributed by atoms with Gasteiger partial charge in [-0.2, -0.15) is 0 Å². The molecule has 0 aromatic carbocycles. The van der Waals surface area contributed by atoms with Gasteiger partial charge in [-0.15, -0.1) is 0 Å². The minimum atomic E-state index is -0.691. The molecule has 4 N–H and O–H groups in total. The van der Waals surface area contributed by atoms with Crippen molar-refractivity contribution in [3.63, 3.8) is 0 Å². The second kappa shape index (κ2) is 8.75. The molecule has 0 aromatic rings. The lowest BCUT2D eigenvalue weighted by Gasteiger charge is -2.61. The molecule has 13 unspecified atom stereocenters. The molecule has 0 bridgehead atoms. The summed E-state index contributed by atoms with van der Waals surface area (Å²) in [6.07, 6.45) is 6.23. The zero-order valence-electron chi connectivity index (χ0n) is 22.3. The van der Waals surface area contributed by atoms with E-state index in [0.717, 1.165) is 19.3 Å². The smallest absolute Gasteiger partial charge is 0.0832 e. The minimum Gasteiger partial charge on any atom is -0.390 e. The van der Waals surface area contributed by atoms with E-state index in [1.807, 2.05) is 0 Å². The molecule has 0 aromatic heterocycles. The van der Waals surface area contributed by atoms with Gasteiger partial charge in [0.1, 0.15) is 0 Å². The molecular formula is C29H52O4. The van der Waals surface area contributed by atoms with E-state index in [-0.39, 0.29) is 28.1 Å². The Bertz CT molecular complexity index is 702. The summed E-state index contributed by atoms with van der Waals surface area (Å²) in [5.41, 5.74) is 0.333. The van der Waals surface area contributed by atoms with Crippen LogP contribution in [0.4, 0.5) is 0 Å². The molecule has 33 heavy (non-hydrogen) atoms. The third-order valence-corrected chi connectivity index (χ3v) is 12.2. The number of fused-ring (bicyclic) bond motifs is 5. The Hall–Kier alpha value is -0.160. The lowest BCUT2D eigenvalue weighted by Crippen LogP contribution is -2.57. The Morgan fingerprint density at radius 1 is 0.788 bits per heavy atom. The van der Waals surface area contributed by atoms with Gasteiger partial charge in [0.25, 0.3) is 0 Å². The summed E-state index contributed by atoms with van der Waals surface area (Å²) in [5, 5.41) is 43.1. The summed E-state index contributed by atoms with van der Waals surface area (Å²) in [4.78, 5) is 0. The van der Waals surface area contributed by atoms with Crippen LogP contribution in [0, 0.1) is 57.7 Å². The SMILES string of the molecule is CC(C(O)C(O)C(C)C(C)(C)C)C1CCC2C3CCC4CC(O)C(O)CC4(C)C3CCC12C. The Labute approximate surface area is 202 Å². The van der Waals surface area contributed by atoms with Crippen molar-refractivity contribution >= 4 is 0 Å². The molecule has 4 aliphatic rings. The molecule has 4 fully saturated rings. The van der Waals surface area contributed by atoms with Crippen LogP contribution in [0.5, 0.6) is 0 Å². The van der Waals surface area contributed by atoms with Gasteiger partial charge >= 0.3 is 0 Å². The highest BCUT2D eigenvalue weighted by molar-refractivity contribution is 5.11. The van der Waals surface area contributed by atoms with E-state index in [2.05, 4.69) is 48.5 Å². The highest BCUT2D eigenvalue weighted by atomic mass is 16.3. The summed E-state index contributed by atoms with van der Waals surface area (Å²) >= 11 is 0. The molecule has 0 saturated heterocycles. The molecule has 4 nitrogen and oxygen atoms in total. The van der Waals surface area contributed by atoms with Crippen LogP contribution in [0.3, 0.4) is 0 Å². The Kier molecular flexibility index (Phi) is 6.87. The molecule has 4 saturated carbocycles. The monoisotopic (exact) mass is 464 g/mol. The van der Waals surface area contributed by atoms with Crippen molar-refractivity contribution in [2.24, 2.45) is 57.7 Å². The average molecular weight is 465 g/mol. The van der Waals surface area contributed by atoms with Gasteiger partial charge in [0.2, 0.25) is 0 Å². The average Bonchev–Trinajstić information content (AvgIpc) is 3.09. The highest BCUT2D eigenvalue weighted by Gasteiger charge is 2.62. The summed E-state index contributed by atoms with van der Waals surface area (Å²) in [5.74, 6) is 3.13. The van der Waals surface area contributed by atoms with Gasteiger partial charge in [-0.25, -0.2) is 0 Å². The Balaban J connectivity index is 1.51. The predicted molar refractivity (Wildman–Crippen MR) is 132 cm³/mol. The number of hydrogen-bond donors (Lipinski definition) is 4. The van der Waals surface area contributed by atoms with Crippen molar-refractivity contribution in [1.29, 1.82) is 0 Å². The van der Waals surface area contributed by atoms with Crippen LogP contribution in [-0.4, -0.2) is 44.8 Å². The molecule has 4 rings (SSSR count). The zero-order chi connectivity index (χ0) is 24.5. The number of rotatable bonds is 4. The van der Waals surface area contributed by atoms with Crippen LogP contribution in [0.15, 0.2) is 0 Å². The maximum absolute atomic E-state index is 11.3. The number of aliphatic hydroxyl groups excluding tert-OH is 4. The van der Waals surface area contributed by atoms with E-state index in [0.29, 0.717) is 29.6 Å². The lowest BCUT2D eigenvalue weighted by molar-refractivity contribution is -0.163. The van der Waals surface area contributed by atoms with Crippen molar-refractivity contribution in [2.75, 3.05) is 0 Å². The van der Waals surface area contributed by atoms with E-state index >= 15 is 0 Å². The minimum absolute atomic E-state index is 0.0352. The van der Waals surface area contributed by atoms with Gasteiger partial charge < -0.3 is 20.4 Å². The van der Waals surface area contributed by atoms with Crippen LogP contribution in [0.25, 0.3) is 0 Å². The summed E-state index contributed by atoms with van der Waals surface area (Å²) in [6, 6.07) is 0. The Morgan fingerprint density at radius 2 is 1.42 bits per heavy atom. The van der Waals surface area contributed by atoms with Gasteiger partial charge in [0, 0.05) is 0 Å². The third kappa shape index (κ3) is 4.13. The molecule has 13 atom stereocenters. The van der Waals surface area contributed by atoms with E-state index < -0.39 is 24.4 Å². The maximum atomic E-state index is 11.3. The molecule has 4 aliphatic carbocycles. The van der Waals surface area contributed by atoms with Crippen LogP contribution in [-0.2, 0) is 0 Å². The van der Waals surface area contributed by atoms with E-state index in [9.17, 15) is 20.4 Å². The first-order valence-electron chi connectivity index (χ1n) is 13.9. The van der Waals surface area contributed by atoms with E-state index in [1.165, 1.54) is 32.1 Å². The van der Waals surface area contributed by atoms with Gasteiger partial charge in [0.05, 0.1) is 24.4 Å². The van der Waals surface area contributed by atoms with E-state index in [1.54, 1.807) is 0 Å². The first kappa shape index (κ1) is 25.9. The third-order valence-electron chi connectivity index (χ3n) is 12.2. The maximum Gasteiger partial charge on any atom is 0.0832 e. The largest absolute Gasteiger partial charge is 0.390 e. The summed E-state index contributed by atoms with van der Waals surface area (Å²) < 4.78 is 0. The predicted octanol–water partition coefficient (Wildman–Crippen LogP) is 5.02. The fourth-order valence-electron chi connectivity index (χ4n) is 9.54. The number of aliphatic hydroxyl groups is 4. The quantitative estimate of drug-likeness (QED) is 0.471. The molecule has 0 amide bonds. The van der Waals surface area contributed by atoms with Crippen molar-refractivity contribution in [3.05, 3.63) is 0 Å². The van der Waals surface area contributed by atoms with Crippen molar-refractivity contribution in [3.8, 4) is 0 Å². The summed E-state index contributed by atoms with van der Waals surface area (Å²) in [6.45, 7) is 15.6. The lowest BCUT2D eigenvalue weighted by atomic mass is 9.44. The van der Waals surface area contributed by atoms with Crippen LogP contribution < -0.4 is 0 Å². The first-order valence-corrected chi connectivity index (χ1v) is 13.9. The standard InChI is InChI=1S/C29H52O4/c1-16(25(32)26(33)17(2)27(3,4)5)20-10-11-21-19-9-8-18-14-23(30)24(31)15-29(18,7)22(19)12-13-28(20,21)6/h16-26,30-33H,8-15H2,1-7H3. The molecule has 0 heterocycles. The van der Waals surface area contributed by atoms with Gasteiger partial charge in [-0.05, 0) is 109 Å². The van der Waals surface area contributed by atoms with Gasteiger partial charge in [0.15, 0.2) is 0 Å². The molecule has 0 aliphatic heterocycles. The molecule has 4 heteroatoms. The molecule has 0 spiro atoms. The van der Waals surface area contributed by atoms with E-state index in [4.69, 9.17) is 0 Å².